The van der Waals surface area contributed by atoms with E-state index in [-0.39, 0.29) is 11.7 Å². The third-order valence-corrected chi connectivity index (χ3v) is 5.36. The van der Waals surface area contributed by atoms with Crippen LogP contribution in [0.5, 0.6) is 5.75 Å². The van der Waals surface area contributed by atoms with Crippen LogP contribution in [0.25, 0.3) is 17.8 Å². The smallest absolute Gasteiger partial charge is 0.235 e. The van der Waals surface area contributed by atoms with Gasteiger partial charge < -0.3 is 9.30 Å². The molecule has 8 nitrogen and oxygen atoms in total. The number of hydrogen-bond donors (Lipinski definition) is 0. The average molecular weight is 444 g/mol. The normalized spacial score (nSPS) is 13.5. The highest BCUT2D eigenvalue weighted by molar-refractivity contribution is 5.99. The Balaban J connectivity index is 1.43. The Morgan fingerprint density at radius 2 is 1.94 bits per heavy atom. The first-order valence-corrected chi connectivity index (χ1v) is 10.4. The second-order valence-corrected chi connectivity index (χ2v) is 7.64. The number of benzene rings is 2. The Labute approximate surface area is 189 Å². The molecular formula is C24H21FN6O2. The van der Waals surface area contributed by atoms with Crippen molar-refractivity contribution in [3.63, 3.8) is 0 Å². The number of hydrogen-bond acceptors (Lipinski definition) is 5. The van der Waals surface area contributed by atoms with Gasteiger partial charge in [-0.1, -0.05) is 12.1 Å². The summed E-state index contributed by atoms with van der Waals surface area (Å²) in [4.78, 5) is 22.8. The van der Waals surface area contributed by atoms with Gasteiger partial charge in [-0.2, -0.15) is 4.98 Å². The molecule has 9 heteroatoms. The predicted molar refractivity (Wildman–Crippen MR) is 122 cm³/mol. The van der Waals surface area contributed by atoms with Gasteiger partial charge in [0.2, 0.25) is 11.9 Å². The van der Waals surface area contributed by atoms with E-state index < -0.39 is 0 Å². The molecule has 2 aromatic carbocycles. The fraction of sp³-hybridized carbons (Fsp3) is 0.167. The van der Waals surface area contributed by atoms with Crippen molar-refractivity contribution in [1.82, 2.24) is 24.3 Å². The number of aryl methyl sites for hydroxylation is 2. The van der Waals surface area contributed by atoms with Crippen LogP contribution < -0.4 is 9.64 Å². The summed E-state index contributed by atoms with van der Waals surface area (Å²) in [5, 5.41) is 4.51. The van der Waals surface area contributed by atoms with E-state index in [0.717, 1.165) is 16.9 Å². The van der Waals surface area contributed by atoms with Crippen LogP contribution in [0, 0.1) is 12.7 Å². The summed E-state index contributed by atoms with van der Waals surface area (Å²) >= 11 is 0. The zero-order chi connectivity index (χ0) is 22.9. The van der Waals surface area contributed by atoms with Crippen LogP contribution in [-0.2, 0) is 11.3 Å². The molecule has 0 saturated carbocycles. The van der Waals surface area contributed by atoms with Gasteiger partial charge in [0.25, 0.3) is 0 Å². The number of ether oxygens (including phenoxy) is 1. The van der Waals surface area contributed by atoms with Crippen molar-refractivity contribution in [2.24, 2.45) is 0 Å². The summed E-state index contributed by atoms with van der Waals surface area (Å²) < 4.78 is 22.5. The number of methoxy groups -OCH3 is 1. The van der Waals surface area contributed by atoms with E-state index in [2.05, 4.69) is 15.1 Å². The lowest BCUT2D eigenvalue weighted by Gasteiger charge is -2.25. The third kappa shape index (κ3) is 4.00. The second-order valence-electron chi connectivity index (χ2n) is 7.64. The number of nitrogens with zero attached hydrogens (tertiary/aromatic N) is 6. The van der Waals surface area contributed by atoms with Gasteiger partial charge in [-0.05, 0) is 55.0 Å². The standard InChI is InChI=1S/C24H21FN6O2/c1-16-14-29(15-26-16)20-9-3-17(13-21(20)33-2)4-10-22-27-24-30(28-22)12-11-23(32)31(24)19-7-5-18(25)6-8-19/h3-10,13-15H,11-12H2,1-2H3. The van der Waals surface area contributed by atoms with E-state index in [0.29, 0.717) is 36.2 Å². The molecule has 0 saturated heterocycles. The number of carbonyl (C=O) groups is 1. The Morgan fingerprint density at radius 3 is 2.67 bits per heavy atom. The van der Waals surface area contributed by atoms with E-state index in [9.17, 15) is 9.18 Å². The largest absolute Gasteiger partial charge is 0.495 e. The topological polar surface area (TPSA) is 78.1 Å². The number of aromatic nitrogens is 5. The number of halogens is 1. The van der Waals surface area contributed by atoms with Gasteiger partial charge in [0.05, 0.1) is 37.1 Å². The first kappa shape index (κ1) is 20.6. The van der Waals surface area contributed by atoms with Gasteiger partial charge in [-0.25, -0.2) is 19.0 Å². The molecule has 0 atom stereocenters. The molecule has 1 amide bonds. The molecule has 2 aromatic heterocycles. The van der Waals surface area contributed by atoms with Crippen LogP contribution >= 0.6 is 0 Å². The number of amides is 1. The predicted octanol–water partition coefficient (Wildman–Crippen LogP) is 4.16. The van der Waals surface area contributed by atoms with Gasteiger partial charge in [-0.3, -0.25) is 4.79 Å². The van der Waals surface area contributed by atoms with Crippen LogP contribution in [0.15, 0.2) is 55.0 Å². The van der Waals surface area contributed by atoms with E-state index in [1.165, 1.54) is 17.0 Å². The highest BCUT2D eigenvalue weighted by Crippen LogP contribution is 2.29. The maximum Gasteiger partial charge on any atom is 0.235 e. The van der Waals surface area contributed by atoms with Crippen molar-refractivity contribution >= 4 is 29.7 Å². The van der Waals surface area contributed by atoms with E-state index in [4.69, 9.17) is 4.74 Å². The first-order chi connectivity index (χ1) is 16.0. The van der Waals surface area contributed by atoms with Crippen LogP contribution in [0.4, 0.5) is 16.0 Å². The lowest BCUT2D eigenvalue weighted by molar-refractivity contribution is -0.118. The number of rotatable bonds is 5. The first-order valence-electron chi connectivity index (χ1n) is 10.4. The van der Waals surface area contributed by atoms with Gasteiger partial charge in [-0.15, -0.1) is 5.10 Å². The van der Waals surface area contributed by atoms with Crippen molar-refractivity contribution in [1.29, 1.82) is 0 Å². The highest BCUT2D eigenvalue weighted by Gasteiger charge is 2.28. The van der Waals surface area contributed by atoms with Crippen molar-refractivity contribution in [3.05, 3.63) is 77.9 Å². The zero-order valence-corrected chi connectivity index (χ0v) is 18.1. The van der Waals surface area contributed by atoms with Crippen molar-refractivity contribution in [2.45, 2.75) is 19.9 Å². The molecule has 0 N–H and O–H groups in total. The molecule has 3 heterocycles. The quantitative estimate of drug-likeness (QED) is 0.462. The molecule has 0 spiro atoms. The molecule has 1 aliphatic rings. The van der Waals surface area contributed by atoms with Crippen molar-refractivity contribution in [2.75, 3.05) is 12.0 Å². The summed E-state index contributed by atoms with van der Waals surface area (Å²) in [6, 6.07) is 11.6. The minimum atomic E-state index is -0.363. The molecule has 0 radical (unpaired) electrons. The summed E-state index contributed by atoms with van der Waals surface area (Å²) in [5.74, 6) is 1.13. The number of anilines is 2. The molecule has 0 bridgehead atoms. The van der Waals surface area contributed by atoms with Gasteiger partial charge in [0.1, 0.15) is 11.6 Å². The summed E-state index contributed by atoms with van der Waals surface area (Å²) in [6.07, 6.45) is 7.64. The van der Waals surface area contributed by atoms with Crippen LogP contribution in [0.1, 0.15) is 23.5 Å². The van der Waals surface area contributed by atoms with Gasteiger partial charge >= 0.3 is 0 Å². The second kappa shape index (κ2) is 8.34. The molecule has 0 aliphatic carbocycles. The lowest BCUT2D eigenvalue weighted by Crippen LogP contribution is -2.34. The molecule has 33 heavy (non-hydrogen) atoms. The van der Waals surface area contributed by atoms with Crippen LogP contribution in [0.2, 0.25) is 0 Å². The summed E-state index contributed by atoms with van der Waals surface area (Å²) in [5.41, 5.74) is 3.27. The Kier molecular flexibility index (Phi) is 5.21. The fourth-order valence-electron chi connectivity index (χ4n) is 3.75. The molecule has 1 aliphatic heterocycles. The van der Waals surface area contributed by atoms with Crippen LogP contribution in [-0.4, -0.2) is 37.3 Å². The van der Waals surface area contributed by atoms with Gasteiger partial charge in [0, 0.05) is 12.6 Å². The van der Waals surface area contributed by atoms with E-state index >= 15 is 0 Å². The third-order valence-electron chi connectivity index (χ3n) is 5.36. The van der Waals surface area contributed by atoms with Gasteiger partial charge in [0.15, 0.2) is 5.82 Å². The highest BCUT2D eigenvalue weighted by atomic mass is 19.1. The summed E-state index contributed by atoms with van der Waals surface area (Å²) in [7, 11) is 1.63. The lowest BCUT2D eigenvalue weighted by atomic mass is 10.1. The van der Waals surface area contributed by atoms with Crippen LogP contribution in [0.3, 0.4) is 0 Å². The Morgan fingerprint density at radius 1 is 1.12 bits per heavy atom. The Bertz CT molecular complexity index is 1360. The SMILES string of the molecule is COc1cc(C=Cc2nc3n(n2)CCC(=O)N3c2ccc(F)cc2)ccc1-n1cnc(C)c1. The monoisotopic (exact) mass is 444 g/mol. The molecule has 0 unspecified atom stereocenters. The average Bonchev–Trinajstić information content (AvgIpc) is 3.44. The molecule has 5 rings (SSSR count). The van der Waals surface area contributed by atoms with Crippen molar-refractivity contribution in [3.8, 4) is 11.4 Å². The number of imidazole rings is 1. The molecule has 0 fully saturated rings. The summed E-state index contributed by atoms with van der Waals surface area (Å²) in [6.45, 7) is 2.38. The molecule has 4 aromatic rings. The maximum absolute atomic E-state index is 13.3. The minimum absolute atomic E-state index is 0.105. The molecular weight excluding hydrogens is 423 g/mol. The molecule has 166 valence electrons. The van der Waals surface area contributed by atoms with E-state index in [1.807, 2.05) is 42.0 Å². The number of fused-ring (bicyclic) bond motifs is 1. The Hall–Kier alpha value is -4.27. The number of carbonyl (C=O) groups excluding carboxylic acids is 1. The van der Waals surface area contributed by atoms with Crippen molar-refractivity contribution < 1.29 is 13.9 Å². The van der Waals surface area contributed by atoms with E-state index in [1.54, 1.807) is 36.3 Å². The minimum Gasteiger partial charge on any atom is -0.495 e. The fourth-order valence-corrected chi connectivity index (χ4v) is 3.75. The maximum atomic E-state index is 13.3. The zero-order valence-electron chi connectivity index (χ0n) is 18.1.